The Morgan fingerprint density at radius 3 is 2.62 bits per heavy atom. The Labute approximate surface area is 130 Å². The molecule has 0 bridgehead atoms. The van der Waals surface area contributed by atoms with Crippen molar-refractivity contribution in [3.05, 3.63) is 52.1 Å². The molecule has 0 aliphatic carbocycles. The molecule has 0 saturated heterocycles. The molecule has 3 nitrogen and oxygen atoms in total. The highest BCUT2D eigenvalue weighted by Crippen LogP contribution is 2.39. The van der Waals surface area contributed by atoms with Gasteiger partial charge in [0.15, 0.2) is 0 Å². The van der Waals surface area contributed by atoms with Crippen molar-refractivity contribution < 1.29 is 23.1 Å². The summed E-state index contributed by atoms with van der Waals surface area (Å²) in [5.74, 6) is -1.14. The fourth-order valence-corrected chi connectivity index (χ4v) is 2.79. The lowest BCUT2D eigenvalue weighted by molar-refractivity contribution is -0.140. The van der Waals surface area contributed by atoms with E-state index in [1.807, 2.05) is 0 Å². The summed E-state index contributed by atoms with van der Waals surface area (Å²) < 4.78 is 39.1. The van der Waals surface area contributed by atoms with E-state index in [-0.39, 0.29) is 15.1 Å². The molecule has 0 fully saturated rings. The molecule has 1 heterocycles. The number of aromatic nitrogens is 1. The first-order valence-corrected chi connectivity index (χ1v) is 7.12. The second-order valence-corrected chi connectivity index (χ2v) is 5.92. The average molecular weight is 378 g/mol. The van der Waals surface area contributed by atoms with E-state index in [0.29, 0.717) is 4.90 Å². The van der Waals surface area contributed by atoms with Crippen LogP contribution in [-0.4, -0.2) is 16.1 Å². The molecular formula is C13H7BrF3NO2S. The second kappa shape index (κ2) is 6.07. The highest BCUT2D eigenvalue weighted by molar-refractivity contribution is 9.10. The van der Waals surface area contributed by atoms with Gasteiger partial charge < -0.3 is 5.11 Å². The third kappa shape index (κ3) is 3.98. The van der Waals surface area contributed by atoms with Crippen LogP contribution in [-0.2, 0) is 6.18 Å². The molecule has 0 radical (unpaired) electrons. The molecule has 1 aromatic carbocycles. The van der Waals surface area contributed by atoms with Gasteiger partial charge in [0.2, 0.25) is 0 Å². The van der Waals surface area contributed by atoms with Crippen LogP contribution in [0.15, 0.2) is 50.9 Å². The van der Waals surface area contributed by atoms with Crippen LogP contribution in [0.5, 0.6) is 0 Å². The predicted molar refractivity (Wildman–Crippen MR) is 74.5 cm³/mol. The molecule has 21 heavy (non-hydrogen) atoms. The van der Waals surface area contributed by atoms with Gasteiger partial charge in [0.1, 0.15) is 5.03 Å². The summed E-state index contributed by atoms with van der Waals surface area (Å²) in [6.07, 6.45) is -3.28. The lowest BCUT2D eigenvalue weighted by Gasteiger charge is -2.12. The lowest BCUT2D eigenvalue weighted by atomic mass is 10.2. The number of carbonyl (C=O) groups is 1. The molecule has 1 N–H and O–H groups in total. The largest absolute Gasteiger partial charge is 0.478 e. The van der Waals surface area contributed by atoms with E-state index in [1.165, 1.54) is 30.5 Å². The van der Waals surface area contributed by atoms with Crippen LogP contribution in [0.25, 0.3) is 0 Å². The maximum atomic E-state index is 13.0. The molecule has 2 aromatic rings. The molecule has 2 rings (SSSR count). The van der Waals surface area contributed by atoms with Gasteiger partial charge in [-0.05, 0) is 40.2 Å². The number of nitrogens with zero attached hydrogens (tertiary/aromatic N) is 1. The molecule has 0 unspecified atom stereocenters. The minimum atomic E-state index is -4.54. The Hall–Kier alpha value is -1.54. The molecular weight excluding hydrogens is 371 g/mol. The topological polar surface area (TPSA) is 50.2 Å². The molecule has 0 saturated carbocycles. The monoisotopic (exact) mass is 377 g/mol. The van der Waals surface area contributed by atoms with Crippen LogP contribution in [0.1, 0.15) is 15.9 Å². The Morgan fingerprint density at radius 1 is 1.29 bits per heavy atom. The number of hydrogen-bond donors (Lipinski definition) is 1. The average Bonchev–Trinajstić information content (AvgIpc) is 2.40. The number of pyridine rings is 1. The molecule has 110 valence electrons. The van der Waals surface area contributed by atoms with Gasteiger partial charge in [-0.25, -0.2) is 9.78 Å². The zero-order valence-electron chi connectivity index (χ0n) is 10.2. The van der Waals surface area contributed by atoms with Gasteiger partial charge >= 0.3 is 12.1 Å². The summed E-state index contributed by atoms with van der Waals surface area (Å²) in [4.78, 5) is 15.0. The van der Waals surface area contributed by atoms with E-state index in [9.17, 15) is 18.0 Å². The van der Waals surface area contributed by atoms with Crippen molar-refractivity contribution in [1.29, 1.82) is 0 Å². The first kappa shape index (κ1) is 15.8. The highest BCUT2D eigenvalue weighted by atomic mass is 79.9. The van der Waals surface area contributed by atoms with E-state index < -0.39 is 17.7 Å². The maximum Gasteiger partial charge on any atom is 0.419 e. The van der Waals surface area contributed by atoms with Crippen LogP contribution in [0, 0.1) is 0 Å². The number of aromatic carboxylic acids is 1. The number of carboxylic acids is 1. The zero-order chi connectivity index (χ0) is 15.6. The lowest BCUT2D eigenvalue weighted by Crippen LogP contribution is -2.08. The van der Waals surface area contributed by atoms with Crippen LogP contribution in [0.4, 0.5) is 13.2 Å². The smallest absolute Gasteiger partial charge is 0.419 e. The summed E-state index contributed by atoms with van der Waals surface area (Å²) >= 11 is 3.72. The highest BCUT2D eigenvalue weighted by Gasteiger charge is 2.34. The van der Waals surface area contributed by atoms with Crippen molar-refractivity contribution >= 4 is 33.7 Å². The molecule has 8 heteroatoms. The summed E-state index contributed by atoms with van der Waals surface area (Å²) in [7, 11) is 0. The minimum absolute atomic E-state index is 0.00525. The van der Waals surface area contributed by atoms with E-state index in [0.717, 1.165) is 17.8 Å². The van der Waals surface area contributed by atoms with E-state index in [4.69, 9.17) is 5.11 Å². The van der Waals surface area contributed by atoms with Gasteiger partial charge in [-0.15, -0.1) is 0 Å². The third-order valence-electron chi connectivity index (χ3n) is 2.42. The number of carboxylic acid groups (broad SMARTS) is 1. The van der Waals surface area contributed by atoms with Crippen LogP contribution >= 0.6 is 27.7 Å². The Balaban J connectivity index is 2.40. The van der Waals surface area contributed by atoms with Crippen molar-refractivity contribution in [2.45, 2.75) is 16.1 Å². The van der Waals surface area contributed by atoms with Gasteiger partial charge in [0, 0.05) is 15.6 Å². The van der Waals surface area contributed by atoms with Crippen molar-refractivity contribution in [2.75, 3.05) is 0 Å². The molecule has 0 amide bonds. The first-order valence-electron chi connectivity index (χ1n) is 5.51. The summed E-state index contributed by atoms with van der Waals surface area (Å²) in [5, 5.41) is 8.66. The summed E-state index contributed by atoms with van der Waals surface area (Å²) in [6.45, 7) is 0. The van der Waals surface area contributed by atoms with Crippen LogP contribution in [0.3, 0.4) is 0 Å². The molecule has 0 atom stereocenters. The quantitative estimate of drug-likeness (QED) is 0.841. The first-order chi connectivity index (χ1) is 9.77. The number of rotatable bonds is 3. The van der Waals surface area contributed by atoms with Crippen molar-refractivity contribution in [1.82, 2.24) is 4.98 Å². The SMILES string of the molecule is O=C(O)c1cccc(Sc2ncc(Br)cc2C(F)(F)F)c1. The van der Waals surface area contributed by atoms with Gasteiger partial charge in [0.05, 0.1) is 11.1 Å². The minimum Gasteiger partial charge on any atom is -0.478 e. The number of benzene rings is 1. The maximum absolute atomic E-state index is 13.0. The predicted octanol–water partition coefficient (Wildman–Crippen LogP) is 4.71. The zero-order valence-corrected chi connectivity index (χ0v) is 12.6. The van der Waals surface area contributed by atoms with Crippen molar-refractivity contribution in [3.63, 3.8) is 0 Å². The van der Waals surface area contributed by atoms with Crippen molar-refractivity contribution in [3.8, 4) is 0 Å². The van der Waals surface area contributed by atoms with Gasteiger partial charge in [-0.3, -0.25) is 0 Å². The number of alkyl halides is 3. The third-order valence-corrected chi connectivity index (χ3v) is 3.86. The Kier molecular flexibility index (Phi) is 4.58. The van der Waals surface area contributed by atoms with E-state index in [2.05, 4.69) is 20.9 Å². The van der Waals surface area contributed by atoms with Gasteiger partial charge in [-0.2, -0.15) is 13.2 Å². The second-order valence-electron chi connectivity index (χ2n) is 3.94. The van der Waals surface area contributed by atoms with Gasteiger partial charge in [0.25, 0.3) is 0 Å². The summed E-state index contributed by atoms with van der Waals surface area (Å²) in [6, 6.07) is 6.61. The fourth-order valence-electron chi connectivity index (χ4n) is 1.52. The molecule has 1 aromatic heterocycles. The standard InChI is InChI=1S/C13H7BrF3NO2S/c14-8-5-10(13(15,16)17)11(18-6-8)21-9-3-1-2-7(4-9)12(19)20/h1-6H,(H,19,20). The Bertz CT molecular complexity index is 691. The molecule has 0 aliphatic rings. The normalized spacial score (nSPS) is 11.4. The van der Waals surface area contributed by atoms with Crippen LogP contribution < -0.4 is 0 Å². The molecule has 0 aliphatic heterocycles. The van der Waals surface area contributed by atoms with E-state index >= 15 is 0 Å². The van der Waals surface area contributed by atoms with Crippen LogP contribution in [0.2, 0.25) is 0 Å². The Morgan fingerprint density at radius 2 is 2.00 bits per heavy atom. The molecule has 0 spiro atoms. The summed E-state index contributed by atoms with van der Waals surface area (Å²) in [5.41, 5.74) is -0.867. The number of hydrogen-bond acceptors (Lipinski definition) is 3. The number of halogens is 4. The van der Waals surface area contributed by atoms with Gasteiger partial charge in [-0.1, -0.05) is 17.8 Å². The van der Waals surface area contributed by atoms with Crippen molar-refractivity contribution in [2.24, 2.45) is 0 Å². The van der Waals surface area contributed by atoms with E-state index in [1.54, 1.807) is 0 Å². The fraction of sp³-hybridized carbons (Fsp3) is 0.0769.